The number of aliphatic carboxylic acids is 1. The third-order valence-electron chi connectivity index (χ3n) is 2.60. The van der Waals surface area contributed by atoms with E-state index in [-0.39, 0.29) is 37.5 Å². The number of rotatable bonds is 7. The Labute approximate surface area is 126 Å². The van der Waals surface area contributed by atoms with Gasteiger partial charge in [-0.25, -0.2) is 0 Å². The number of carboxylic acid groups (broad SMARTS) is 1. The van der Waals surface area contributed by atoms with Gasteiger partial charge < -0.3 is 16.2 Å². The van der Waals surface area contributed by atoms with E-state index in [1.807, 2.05) is 0 Å². The van der Waals surface area contributed by atoms with E-state index < -0.39 is 22.8 Å². The molecule has 1 amide bonds. The molecule has 0 spiro atoms. The lowest BCUT2D eigenvalue weighted by Gasteiger charge is -2.16. The van der Waals surface area contributed by atoms with Crippen LogP contribution in [0.25, 0.3) is 0 Å². The number of carboxylic acids is 1. The maximum atomic E-state index is 11.2. The van der Waals surface area contributed by atoms with Crippen molar-refractivity contribution in [2.45, 2.75) is 18.9 Å². The summed E-state index contributed by atoms with van der Waals surface area (Å²) in [5.41, 5.74) is 5.81. The summed E-state index contributed by atoms with van der Waals surface area (Å²) in [6.07, 6.45) is 0.0127. The number of nitro benzene ring substituents is 1. The zero-order valence-electron chi connectivity index (χ0n) is 11.0. The van der Waals surface area contributed by atoms with Crippen molar-refractivity contribution in [3.05, 3.63) is 39.9 Å². The number of carbonyl (C=O) groups is 2. The van der Waals surface area contributed by atoms with Crippen molar-refractivity contribution in [2.24, 2.45) is 5.73 Å². The summed E-state index contributed by atoms with van der Waals surface area (Å²) >= 11 is 0. The normalized spacial score (nSPS) is 11.1. The number of nitrogens with one attached hydrogen (secondary N) is 1. The zero-order valence-corrected chi connectivity index (χ0v) is 11.8. The second kappa shape index (κ2) is 8.88. The van der Waals surface area contributed by atoms with Crippen LogP contribution < -0.4 is 11.1 Å². The fourth-order valence-electron chi connectivity index (χ4n) is 1.71. The lowest BCUT2D eigenvalue weighted by molar-refractivity contribution is -0.384. The van der Waals surface area contributed by atoms with Crippen LogP contribution in [0.3, 0.4) is 0 Å². The van der Waals surface area contributed by atoms with Crippen LogP contribution >= 0.6 is 12.4 Å². The van der Waals surface area contributed by atoms with Crippen LogP contribution in [-0.2, 0) is 16.0 Å². The summed E-state index contributed by atoms with van der Waals surface area (Å²) in [5.74, 6) is -1.49. The Bertz CT molecular complexity index is 506. The van der Waals surface area contributed by atoms with Gasteiger partial charge in [-0.3, -0.25) is 19.7 Å². The standard InChI is InChI=1S/C12H15N3O5.ClH/c13-7-11(16)14-9(6-12(17)18)5-8-1-3-10(4-2-8)15(19)20;/h1-4,9H,5-7,13H2,(H,14,16)(H,17,18);1H. The van der Waals surface area contributed by atoms with E-state index in [1.165, 1.54) is 24.3 Å². The SMILES string of the molecule is Cl.NCC(=O)NC(CC(=O)O)Cc1ccc([N+](=O)[O-])cc1. The Hall–Kier alpha value is -2.19. The smallest absolute Gasteiger partial charge is 0.305 e. The minimum atomic E-state index is -1.05. The predicted molar refractivity (Wildman–Crippen MR) is 77.3 cm³/mol. The minimum Gasteiger partial charge on any atom is -0.481 e. The largest absolute Gasteiger partial charge is 0.481 e. The van der Waals surface area contributed by atoms with Crippen LogP contribution in [0.1, 0.15) is 12.0 Å². The number of nitrogens with two attached hydrogens (primary N) is 1. The van der Waals surface area contributed by atoms with Crippen molar-refractivity contribution in [3.63, 3.8) is 0 Å². The summed E-state index contributed by atoms with van der Waals surface area (Å²) in [7, 11) is 0. The van der Waals surface area contributed by atoms with Gasteiger partial charge in [0.05, 0.1) is 17.9 Å². The molecule has 0 aliphatic heterocycles. The van der Waals surface area contributed by atoms with Crippen LogP contribution in [0.2, 0.25) is 0 Å². The van der Waals surface area contributed by atoms with E-state index in [9.17, 15) is 19.7 Å². The van der Waals surface area contributed by atoms with Crippen molar-refractivity contribution in [2.75, 3.05) is 6.54 Å². The fourth-order valence-corrected chi connectivity index (χ4v) is 1.71. The number of nitrogens with zero attached hydrogens (tertiary/aromatic N) is 1. The highest BCUT2D eigenvalue weighted by Gasteiger charge is 2.16. The van der Waals surface area contributed by atoms with Crippen molar-refractivity contribution in [1.82, 2.24) is 5.32 Å². The van der Waals surface area contributed by atoms with Crippen molar-refractivity contribution in [1.29, 1.82) is 0 Å². The molecule has 0 bridgehead atoms. The van der Waals surface area contributed by atoms with Gasteiger partial charge in [0, 0.05) is 18.2 Å². The fraction of sp³-hybridized carbons (Fsp3) is 0.333. The average Bonchev–Trinajstić information content (AvgIpc) is 2.38. The highest BCUT2D eigenvalue weighted by molar-refractivity contribution is 5.85. The van der Waals surface area contributed by atoms with Gasteiger partial charge in [-0.15, -0.1) is 12.4 Å². The zero-order chi connectivity index (χ0) is 15.1. The molecule has 1 aromatic rings. The Balaban J connectivity index is 0.00000400. The van der Waals surface area contributed by atoms with E-state index in [0.717, 1.165) is 0 Å². The molecule has 8 nitrogen and oxygen atoms in total. The maximum Gasteiger partial charge on any atom is 0.305 e. The minimum absolute atomic E-state index is 0. The van der Waals surface area contributed by atoms with Gasteiger partial charge in [-0.05, 0) is 12.0 Å². The molecule has 1 unspecified atom stereocenters. The van der Waals surface area contributed by atoms with Crippen molar-refractivity contribution < 1.29 is 19.6 Å². The summed E-state index contributed by atoms with van der Waals surface area (Å²) in [6.45, 7) is -0.226. The average molecular weight is 318 g/mol. The Kier molecular flexibility index (Phi) is 7.95. The lowest BCUT2D eigenvalue weighted by Crippen LogP contribution is -2.41. The number of carbonyl (C=O) groups excluding carboxylic acids is 1. The number of amides is 1. The first-order chi connectivity index (χ1) is 9.42. The molecule has 0 aromatic heterocycles. The predicted octanol–water partition coefficient (Wildman–Crippen LogP) is 0.477. The number of hydrogen-bond acceptors (Lipinski definition) is 5. The summed E-state index contributed by atoms with van der Waals surface area (Å²) in [5, 5.41) is 21.8. The van der Waals surface area contributed by atoms with Crippen LogP contribution in [-0.4, -0.2) is 34.5 Å². The van der Waals surface area contributed by atoms with Crippen LogP contribution in [0.15, 0.2) is 24.3 Å². The second-order valence-electron chi connectivity index (χ2n) is 4.19. The molecule has 0 radical (unpaired) electrons. The first-order valence-corrected chi connectivity index (χ1v) is 5.87. The molecule has 9 heteroatoms. The van der Waals surface area contributed by atoms with Gasteiger partial charge in [0.2, 0.25) is 5.91 Å². The molecule has 1 atom stereocenters. The van der Waals surface area contributed by atoms with Gasteiger partial charge >= 0.3 is 5.97 Å². The highest BCUT2D eigenvalue weighted by atomic mass is 35.5. The molecule has 0 heterocycles. The van der Waals surface area contributed by atoms with E-state index in [0.29, 0.717) is 5.56 Å². The molecular formula is C12H16ClN3O5. The molecule has 4 N–H and O–H groups in total. The number of halogens is 1. The summed E-state index contributed by atoms with van der Waals surface area (Å²) < 4.78 is 0. The molecule has 0 saturated heterocycles. The molecule has 0 aliphatic carbocycles. The quantitative estimate of drug-likeness (QED) is 0.494. The molecule has 116 valence electrons. The topological polar surface area (TPSA) is 136 Å². The van der Waals surface area contributed by atoms with Crippen LogP contribution in [0.5, 0.6) is 0 Å². The van der Waals surface area contributed by atoms with Crippen LogP contribution in [0, 0.1) is 10.1 Å². The Morgan fingerprint density at radius 2 is 1.90 bits per heavy atom. The lowest BCUT2D eigenvalue weighted by atomic mass is 10.0. The van der Waals surface area contributed by atoms with E-state index in [1.54, 1.807) is 0 Å². The molecule has 21 heavy (non-hydrogen) atoms. The summed E-state index contributed by atoms with van der Waals surface area (Å²) in [6, 6.07) is 5.11. The van der Waals surface area contributed by atoms with E-state index in [4.69, 9.17) is 10.8 Å². The van der Waals surface area contributed by atoms with Crippen molar-refractivity contribution >= 4 is 30.0 Å². The van der Waals surface area contributed by atoms with Gasteiger partial charge in [0.15, 0.2) is 0 Å². The Morgan fingerprint density at radius 1 is 1.33 bits per heavy atom. The third kappa shape index (κ3) is 6.68. The maximum absolute atomic E-state index is 11.2. The summed E-state index contributed by atoms with van der Waals surface area (Å²) in [4.78, 5) is 32.0. The van der Waals surface area contributed by atoms with Gasteiger partial charge in [-0.1, -0.05) is 12.1 Å². The van der Waals surface area contributed by atoms with Crippen LogP contribution in [0.4, 0.5) is 5.69 Å². The molecule has 1 rings (SSSR count). The monoisotopic (exact) mass is 317 g/mol. The number of non-ortho nitro benzene ring substituents is 1. The molecule has 1 aromatic carbocycles. The molecular weight excluding hydrogens is 302 g/mol. The number of benzene rings is 1. The number of nitro groups is 1. The second-order valence-corrected chi connectivity index (χ2v) is 4.19. The first-order valence-electron chi connectivity index (χ1n) is 5.87. The third-order valence-corrected chi connectivity index (χ3v) is 2.60. The van der Waals surface area contributed by atoms with Gasteiger partial charge in [0.25, 0.3) is 5.69 Å². The Morgan fingerprint density at radius 3 is 2.33 bits per heavy atom. The molecule has 0 fully saturated rings. The molecule has 0 aliphatic rings. The highest BCUT2D eigenvalue weighted by Crippen LogP contribution is 2.14. The van der Waals surface area contributed by atoms with E-state index >= 15 is 0 Å². The molecule has 0 saturated carbocycles. The first kappa shape index (κ1) is 18.8. The van der Waals surface area contributed by atoms with Gasteiger partial charge in [-0.2, -0.15) is 0 Å². The van der Waals surface area contributed by atoms with Crippen molar-refractivity contribution in [3.8, 4) is 0 Å². The van der Waals surface area contributed by atoms with E-state index in [2.05, 4.69) is 5.32 Å². The van der Waals surface area contributed by atoms with Gasteiger partial charge in [0.1, 0.15) is 0 Å². The number of hydrogen-bond donors (Lipinski definition) is 3.